The second-order valence-corrected chi connectivity index (χ2v) is 7.15. The zero-order valence-corrected chi connectivity index (χ0v) is 19.1. The Morgan fingerprint density at radius 2 is 1.85 bits per heavy atom. The van der Waals surface area contributed by atoms with Gasteiger partial charge in [0.05, 0.1) is 19.8 Å². The van der Waals surface area contributed by atoms with Crippen LogP contribution in [0.5, 0.6) is 0 Å². The van der Waals surface area contributed by atoms with Crippen molar-refractivity contribution in [2.75, 3.05) is 26.9 Å². The summed E-state index contributed by atoms with van der Waals surface area (Å²) in [4.78, 5) is 42.3. The van der Waals surface area contributed by atoms with E-state index in [1.165, 1.54) is 19.4 Å². The third kappa shape index (κ3) is 8.30. The van der Waals surface area contributed by atoms with Crippen LogP contribution in [0, 0.1) is 0 Å². The minimum Gasteiger partial charge on any atom is -0.459 e. The van der Waals surface area contributed by atoms with Crippen LogP contribution in [-0.4, -0.2) is 66.3 Å². The van der Waals surface area contributed by atoms with Crippen LogP contribution in [-0.2, 0) is 37.0 Å². The number of benzene rings is 1. The van der Waals surface area contributed by atoms with Gasteiger partial charge in [-0.15, -0.1) is 13.2 Å². The van der Waals surface area contributed by atoms with Crippen molar-refractivity contribution in [2.24, 2.45) is 0 Å². The molecule has 0 fully saturated rings. The molecule has 1 aromatic heterocycles. The molecule has 10 heteroatoms. The Hall–Kier alpha value is -3.76. The van der Waals surface area contributed by atoms with E-state index in [4.69, 9.17) is 14.2 Å². The van der Waals surface area contributed by atoms with Crippen LogP contribution >= 0.6 is 0 Å². The zero-order chi connectivity index (χ0) is 24.8. The van der Waals surface area contributed by atoms with Crippen LogP contribution in [0.25, 0.3) is 0 Å². The van der Waals surface area contributed by atoms with Gasteiger partial charge in [-0.05, 0) is 5.56 Å². The lowest BCUT2D eigenvalue weighted by Gasteiger charge is -2.22. The van der Waals surface area contributed by atoms with E-state index in [1.807, 2.05) is 30.3 Å². The lowest BCUT2D eigenvalue weighted by molar-refractivity contribution is -0.151. The Morgan fingerprint density at radius 3 is 2.53 bits per heavy atom. The molecule has 182 valence electrons. The monoisotopic (exact) mass is 470 g/mol. The Bertz CT molecular complexity index is 959. The van der Waals surface area contributed by atoms with Crippen molar-refractivity contribution in [3.63, 3.8) is 0 Å². The molecule has 0 aliphatic carbocycles. The van der Waals surface area contributed by atoms with E-state index >= 15 is 0 Å². The zero-order valence-electron chi connectivity index (χ0n) is 19.1. The molecule has 2 rings (SSSR count). The number of hydrogen-bond acceptors (Lipinski definition) is 7. The number of rotatable bonds is 15. The first-order valence-electron chi connectivity index (χ1n) is 10.6. The minimum atomic E-state index is -1.10. The van der Waals surface area contributed by atoms with E-state index < -0.39 is 29.9 Å². The lowest BCUT2D eigenvalue weighted by atomic mass is 10.2. The summed E-state index contributed by atoms with van der Waals surface area (Å²) in [5.41, 5.74) is 0.799. The van der Waals surface area contributed by atoms with E-state index in [9.17, 15) is 14.4 Å². The number of allylic oxidation sites excluding steroid dienone is 1. The van der Waals surface area contributed by atoms with Gasteiger partial charge in [-0.2, -0.15) is 0 Å². The van der Waals surface area contributed by atoms with Gasteiger partial charge in [0.25, 0.3) is 5.91 Å². The first-order valence-corrected chi connectivity index (χ1v) is 10.6. The summed E-state index contributed by atoms with van der Waals surface area (Å²) in [5.74, 6) is -1.77. The average Bonchev–Trinajstić information content (AvgIpc) is 3.31. The fraction of sp³-hybridized carbons (Fsp3) is 0.333. The maximum atomic E-state index is 12.9. The van der Waals surface area contributed by atoms with Crippen molar-refractivity contribution >= 4 is 17.8 Å². The first-order chi connectivity index (χ1) is 16.5. The normalized spacial score (nSPS) is 12.3. The van der Waals surface area contributed by atoms with Crippen molar-refractivity contribution in [3.05, 3.63) is 79.4 Å². The smallest absolute Gasteiger partial charge is 0.331 e. The highest BCUT2D eigenvalue weighted by molar-refractivity contribution is 5.96. The molecule has 2 atom stereocenters. The van der Waals surface area contributed by atoms with Gasteiger partial charge in [0, 0.05) is 26.0 Å². The highest BCUT2D eigenvalue weighted by atomic mass is 16.5. The minimum absolute atomic E-state index is 0.0394. The number of esters is 1. The van der Waals surface area contributed by atoms with E-state index in [1.54, 1.807) is 16.8 Å². The van der Waals surface area contributed by atoms with Gasteiger partial charge in [-0.25, -0.2) is 9.78 Å². The second-order valence-electron chi connectivity index (χ2n) is 7.15. The van der Waals surface area contributed by atoms with Gasteiger partial charge in [0.15, 0.2) is 11.9 Å². The Morgan fingerprint density at radius 1 is 1.09 bits per heavy atom. The highest BCUT2D eigenvalue weighted by Gasteiger charge is 2.29. The summed E-state index contributed by atoms with van der Waals surface area (Å²) >= 11 is 0. The molecule has 0 spiro atoms. The van der Waals surface area contributed by atoms with Crippen LogP contribution in [0.3, 0.4) is 0 Å². The summed E-state index contributed by atoms with van der Waals surface area (Å²) in [6, 6.07) is 6.95. The van der Waals surface area contributed by atoms with Crippen molar-refractivity contribution in [1.29, 1.82) is 0 Å². The largest absolute Gasteiger partial charge is 0.459 e. The number of carbonyl (C=O) groups is 3. The van der Waals surface area contributed by atoms with Crippen LogP contribution in [0.2, 0.25) is 0 Å². The molecule has 10 nitrogen and oxygen atoms in total. The second kappa shape index (κ2) is 14.4. The molecule has 2 N–H and O–H groups in total. The number of amides is 2. The highest BCUT2D eigenvalue weighted by Crippen LogP contribution is 2.04. The Kier molecular flexibility index (Phi) is 11.2. The molecule has 0 unspecified atom stereocenters. The molecule has 1 aromatic carbocycles. The number of aromatic nitrogens is 2. The molecular weight excluding hydrogens is 440 g/mol. The molecule has 0 aliphatic rings. The maximum absolute atomic E-state index is 12.9. The molecule has 0 radical (unpaired) electrons. The van der Waals surface area contributed by atoms with Gasteiger partial charge in [-0.1, -0.05) is 42.5 Å². The van der Waals surface area contributed by atoms with Crippen LogP contribution in [0.15, 0.2) is 68.0 Å². The van der Waals surface area contributed by atoms with Crippen LogP contribution in [0.4, 0.5) is 0 Å². The van der Waals surface area contributed by atoms with Crippen molar-refractivity contribution in [2.45, 2.75) is 25.2 Å². The molecule has 2 amide bonds. The number of nitrogens with one attached hydrogen (secondary N) is 2. The van der Waals surface area contributed by atoms with Crippen molar-refractivity contribution in [1.82, 2.24) is 20.2 Å². The number of methoxy groups -OCH3 is 1. The summed E-state index contributed by atoms with van der Waals surface area (Å²) in [6.45, 7) is 7.54. The SMILES string of the molecule is C=CCOC[C@H](NC(=O)[C@H](COC)NC(=O)c1nccn1CC=C)C(=O)OCc1ccccc1. The molecule has 0 saturated heterocycles. The summed E-state index contributed by atoms with van der Waals surface area (Å²) in [5, 5.41) is 5.16. The van der Waals surface area contributed by atoms with Gasteiger partial charge < -0.3 is 29.4 Å². The predicted octanol–water partition coefficient (Wildman–Crippen LogP) is 1.24. The average molecular weight is 471 g/mol. The van der Waals surface area contributed by atoms with Crippen LogP contribution in [0.1, 0.15) is 16.2 Å². The van der Waals surface area contributed by atoms with Gasteiger partial charge in [0.2, 0.25) is 5.91 Å². The van der Waals surface area contributed by atoms with E-state index in [0.717, 1.165) is 5.56 Å². The quantitative estimate of drug-likeness (QED) is 0.228. The molecule has 0 aliphatic heterocycles. The maximum Gasteiger partial charge on any atom is 0.331 e. The Balaban J connectivity index is 2.06. The standard InChI is InChI=1S/C24H30N4O6/c1-4-12-28-13-11-25-21(28)23(30)26-19(16-32-3)22(29)27-20(17-33-14-5-2)24(31)34-15-18-9-7-6-8-10-18/h4-11,13,19-20H,1-2,12,14-17H2,3H3,(H,26,30)(H,27,29)/t19-,20-/m0/s1. The number of ether oxygens (including phenoxy) is 3. The molecular formula is C24H30N4O6. The van der Waals surface area contributed by atoms with E-state index in [0.29, 0.717) is 6.54 Å². The van der Waals surface area contributed by atoms with Gasteiger partial charge >= 0.3 is 5.97 Å². The number of hydrogen-bond donors (Lipinski definition) is 2. The summed E-state index contributed by atoms with van der Waals surface area (Å²) < 4.78 is 17.4. The van der Waals surface area contributed by atoms with Crippen LogP contribution < -0.4 is 10.6 Å². The molecule has 0 bridgehead atoms. The van der Waals surface area contributed by atoms with Gasteiger partial charge in [0.1, 0.15) is 12.6 Å². The lowest BCUT2D eigenvalue weighted by Crippen LogP contribution is -2.55. The van der Waals surface area contributed by atoms with E-state index in [2.05, 4.69) is 28.8 Å². The predicted molar refractivity (Wildman–Crippen MR) is 125 cm³/mol. The number of imidazole rings is 1. The Labute approximate surface area is 198 Å². The molecule has 0 saturated carbocycles. The molecule has 2 aromatic rings. The van der Waals surface area contributed by atoms with Gasteiger partial charge in [-0.3, -0.25) is 9.59 Å². The topological polar surface area (TPSA) is 121 Å². The fourth-order valence-corrected chi connectivity index (χ4v) is 2.92. The third-order valence-electron chi connectivity index (χ3n) is 4.54. The fourth-order valence-electron chi connectivity index (χ4n) is 2.92. The number of nitrogens with zero attached hydrogens (tertiary/aromatic N) is 2. The van der Waals surface area contributed by atoms with Crippen molar-refractivity contribution in [3.8, 4) is 0 Å². The van der Waals surface area contributed by atoms with Crippen molar-refractivity contribution < 1.29 is 28.6 Å². The summed E-state index contributed by atoms with van der Waals surface area (Å²) in [7, 11) is 1.39. The number of carbonyl (C=O) groups excluding carboxylic acids is 3. The first kappa shape index (κ1) is 26.5. The van der Waals surface area contributed by atoms with E-state index in [-0.39, 0.29) is 32.3 Å². The molecule has 1 heterocycles. The summed E-state index contributed by atoms with van der Waals surface area (Å²) in [6.07, 6.45) is 6.23. The molecule has 34 heavy (non-hydrogen) atoms. The third-order valence-corrected chi connectivity index (χ3v) is 4.54.